The average molecular weight is 246 g/mol. The van der Waals surface area contributed by atoms with Crippen LogP contribution < -0.4 is 18.9 Å². The summed E-state index contributed by atoms with van der Waals surface area (Å²) in [6, 6.07) is 18.2. The van der Waals surface area contributed by atoms with Gasteiger partial charge >= 0.3 is 18.9 Å². The molecule has 0 fully saturated rings. The second-order valence-electron chi connectivity index (χ2n) is 4.77. The molecule has 0 amide bonds. The summed E-state index contributed by atoms with van der Waals surface area (Å²) < 4.78 is 0. The molecule has 2 aromatic rings. The van der Waals surface area contributed by atoms with Crippen LogP contribution in [-0.4, -0.2) is 11.1 Å². The number of benzene rings is 2. The summed E-state index contributed by atoms with van der Waals surface area (Å²) in [6.45, 7) is 4.14. The van der Waals surface area contributed by atoms with E-state index in [4.69, 9.17) is 5.11 Å². The van der Waals surface area contributed by atoms with Crippen molar-refractivity contribution in [1.82, 2.24) is 0 Å². The summed E-state index contributed by atoms with van der Waals surface area (Å²) in [5.74, 6) is -0.944. The first-order valence-electron chi connectivity index (χ1n) is 5.83. The molecule has 92 valence electrons. The molecular weight excluding hydrogens is 231 g/mol. The number of rotatable bonds is 3. The van der Waals surface area contributed by atoms with Crippen molar-refractivity contribution in [3.63, 3.8) is 0 Å². The van der Waals surface area contributed by atoms with E-state index in [9.17, 15) is 4.79 Å². The molecule has 0 bridgehead atoms. The molecule has 0 aliphatic rings. The van der Waals surface area contributed by atoms with Crippen LogP contribution >= 0.6 is 0 Å². The van der Waals surface area contributed by atoms with Gasteiger partial charge in [-0.3, -0.25) is 0 Å². The van der Waals surface area contributed by atoms with Crippen LogP contribution in [-0.2, 0) is 5.41 Å². The predicted octanol–water partition coefficient (Wildman–Crippen LogP) is 0.515. The number of carboxylic acid groups (broad SMARTS) is 1. The van der Waals surface area contributed by atoms with Crippen LogP contribution in [0.15, 0.2) is 48.5 Å². The second-order valence-corrected chi connectivity index (χ2v) is 4.77. The van der Waals surface area contributed by atoms with Gasteiger partial charge in [-0.2, -0.15) is 0 Å². The van der Waals surface area contributed by atoms with Gasteiger partial charge in [-0.25, -0.2) is 0 Å². The maximum atomic E-state index is 11.0. The molecule has 0 aliphatic carbocycles. The Labute approximate surface area is 125 Å². The number of aromatic carboxylic acids is 1. The van der Waals surface area contributed by atoms with Crippen molar-refractivity contribution in [2.75, 3.05) is 0 Å². The molecule has 0 heterocycles. The number of hydrogen-bond acceptors (Lipinski definition) is 1. The van der Waals surface area contributed by atoms with Crippen LogP contribution in [0, 0.1) is 6.07 Å². The standard InChI is InChI=1S/C16H15O2.Li/c1-16(2,13-8-4-3-5-9-13)14-10-6-7-12(11-14)15(17)18;/h3-10H,1-2H3,(H,17,18);/q-1;+1. The molecule has 0 aliphatic heterocycles. The van der Waals surface area contributed by atoms with E-state index in [-0.39, 0.29) is 29.8 Å². The van der Waals surface area contributed by atoms with Gasteiger partial charge in [0.1, 0.15) is 0 Å². The monoisotopic (exact) mass is 246 g/mol. The van der Waals surface area contributed by atoms with Crippen LogP contribution in [0.2, 0.25) is 0 Å². The van der Waals surface area contributed by atoms with E-state index in [1.54, 1.807) is 12.1 Å². The average Bonchev–Trinajstić information content (AvgIpc) is 2.40. The molecule has 2 nitrogen and oxygen atoms in total. The Bertz CT molecular complexity index is 562. The van der Waals surface area contributed by atoms with Crippen molar-refractivity contribution in [3.05, 3.63) is 71.3 Å². The largest absolute Gasteiger partial charge is 1.00 e. The van der Waals surface area contributed by atoms with E-state index < -0.39 is 5.97 Å². The maximum Gasteiger partial charge on any atom is 1.00 e. The van der Waals surface area contributed by atoms with Gasteiger partial charge in [0.2, 0.25) is 5.97 Å². The van der Waals surface area contributed by atoms with Gasteiger partial charge in [0.25, 0.3) is 0 Å². The first kappa shape index (κ1) is 15.6. The molecule has 0 unspecified atom stereocenters. The molecule has 19 heavy (non-hydrogen) atoms. The van der Waals surface area contributed by atoms with Crippen LogP contribution in [0.5, 0.6) is 0 Å². The summed E-state index contributed by atoms with van der Waals surface area (Å²) in [5.41, 5.74) is 1.97. The zero-order chi connectivity index (χ0) is 13.2. The minimum Gasteiger partial charge on any atom is -0.521 e. The van der Waals surface area contributed by atoms with Gasteiger partial charge in [-0.1, -0.05) is 49.7 Å². The van der Waals surface area contributed by atoms with Crippen LogP contribution in [0.1, 0.15) is 35.3 Å². The summed E-state index contributed by atoms with van der Waals surface area (Å²) in [7, 11) is 0. The molecule has 0 atom stereocenters. The van der Waals surface area contributed by atoms with Gasteiger partial charge in [0, 0.05) is 0 Å². The number of carboxylic acids is 1. The molecule has 0 saturated carbocycles. The molecule has 2 rings (SSSR count). The molecular formula is C16H15LiO2. The van der Waals surface area contributed by atoms with Gasteiger partial charge in [-0.15, -0.1) is 29.8 Å². The van der Waals surface area contributed by atoms with Crippen molar-refractivity contribution < 1.29 is 28.8 Å². The molecule has 0 radical (unpaired) electrons. The SMILES string of the molecule is CC(C)(c1[c-]c(C(=O)O)ccc1)c1ccccc1.[Li+]. The Morgan fingerprint density at radius 3 is 2.26 bits per heavy atom. The fourth-order valence-corrected chi connectivity index (χ4v) is 1.97. The Morgan fingerprint density at radius 1 is 1.05 bits per heavy atom. The normalized spacial score (nSPS) is 10.6. The third kappa shape index (κ3) is 3.29. The fraction of sp³-hybridized carbons (Fsp3) is 0.188. The molecule has 2 aromatic carbocycles. The maximum absolute atomic E-state index is 11.0. The Morgan fingerprint density at radius 2 is 1.68 bits per heavy atom. The molecule has 3 heteroatoms. The Kier molecular flexibility index (Phi) is 5.00. The van der Waals surface area contributed by atoms with Crippen LogP contribution in [0.25, 0.3) is 0 Å². The summed E-state index contributed by atoms with van der Waals surface area (Å²) in [6.07, 6.45) is 0. The third-order valence-electron chi connectivity index (χ3n) is 3.19. The minimum absolute atomic E-state index is 0. The topological polar surface area (TPSA) is 37.3 Å². The summed E-state index contributed by atoms with van der Waals surface area (Å²) in [5, 5.41) is 9.01. The third-order valence-corrected chi connectivity index (χ3v) is 3.19. The summed E-state index contributed by atoms with van der Waals surface area (Å²) >= 11 is 0. The minimum atomic E-state index is -0.944. The van der Waals surface area contributed by atoms with Crippen molar-refractivity contribution in [1.29, 1.82) is 0 Å². The van der Waals surface area contributed by atoms with E-state index in [2.05, 4.69) is 19.9 Å². The number of hydrogen-bond donors (Lipinski definition) is 1. The van der Waals surface area contributed by atoms with Crippen molar-refractivity contribution >= 4 is 5.97 Å². The zero-order valence-electron chi connectivity index (χ0n) is 11.5. The Balaban J connectivity index is 0.00000180. The first-order valence-corrected chi connectivity index (χ1v) is 5.83. The summed E-state index contributed by atoms with van der Waals surface area (Å²) in [4.78, 5) is 11.0. The van der Waals surface area contributed by atoms with Crippen LogP contribution in [0.4, 0.5) is 0 Å². The van der Waals surface area contributed by atoms with E-state index in [1.165, 1.54) is 0 Å². The first-order chi connectivity index (χ1) is 8.51. The van der Waals surface area contributed by atoms with E-state index in [0.717, 1.165) is 11.1 Å². The van der Waals surface area contributed by atoms with Gasteiger partial charge in [0.05, 0.1) is 0 Å². The second kappa shape index (κ2) is 6.10. The molecule has 1 N–H and O–H groups in total. The van der Waals surface area contributed by atoms with Gasteiger partial charge in [0.15, 0.2) is 0 Å². The van der Waals surface area contributed by atoms with E-state index in [0.29, 0.717) is 0 Å². The fourth-order valence-electron chi connectivity index (χ4n) is 1.97. The molecule has 0 saturated heterocycles. The zero-order valence-corrected chi connectivity index (χ0v) is 11.5. The van der Waals surface area contributed by atoms with Crippen LogP contribution in [0.3, 0.4) is 0 Å². The predicted molar refractivity (Wildman–Crippen MR) is 70.8 cm³/mol. The van der Waals surface area contributed by atoms with Crippen molar-refractivity contribution in [2.45, 2.75) is 19.3 Å². The molecule has 0 spiro atoms. The van der Waals surface area contributed by atoms with E-state index in [1.807, 2.05) is 36.4 Å². The van der Waals surface area contributed by atoms with Gasteiger partial charge in [-0.05, 0) is 11.0 Å². The number of carbonyl (C=O) groups is 1. The quantitative estimate of drug-likeness (QED) is 0.633. The van der Waals surface area contributed by atoms with E-state index >= 15 is 0 Å². The molecule has 0 aromatic heterocycles. The van der Waals surface area contributed by atoms with Crippen molar-refractivity contribution in [2.24, 2.45) is 0 Å². The smallest absolute Gasteiger partial charge is 0.521 e. The van der Waals surface area contributed by atoms with Gasteiger partial charge < -0.3 is 9.90 Å². The Hall–Kier alpha value is -1.49. The van der Waals surface area contributed by atoms with Crippen molar-refractivity contribution in [3.8, 4) is 0 Å².